The summed E-state index contributed by atoms with van der Waals surface area (Å²) in [6.45, 7) is 1.27. The summed E-state index contributed by atoms with van der Waals surface area (Å²) in [5.74, 6) is 0.159. The maximum atomic E-state index is 12.6. The molecular weight excluding hydrogens is 440 g/mol. The summed E-state index contributed by atoms with van der Waals surface area (Å²) >= 11 is 0. The van der Waals surface area contributed by atoms with Crippen molar-refractivity contribution in [2.75, 3.05) is 11.9 Å². The van der Waals surface area contributed by atoms with Crippen LogP contribution < -0.4 is 10.1 Å². The van der Waals surface area contributed by atoms with Crippen molar-refractivity contribution in [3.8, 4) is 16.9 Å². The number of hydrogen-bond donors (Lipinski definition) is 5. The van der Waals surface area contributed by atoms with Crippen LogP contribution in [0.15, 0.2) is 67.0 Å². The molecular formula is C25H26N2O7. The molecule has 3 aromatic rings. The van der Waals surface area contributed by atoms with E-state index in [0.29, 0.717) is 17.0 Å². The van der Waals surface area contributed by atoms with Crippen LogP contribution in [-0.4, -0.2) is 68.6 Å². The average molecular weight is 466 g/mol. The zero-order valence-electron chi connectivity index (χ0n) is 18.4. The van der Waals surface area contributed by atoms with E-state index >= 15 is 0 Å². The van der Waals surface area contributed by atoms with E-state index in [4.69, 9.17) is 9.47 Å². The molecule has 0 saturated carbocycles. The maximum Gasteiger partial charge on any atom is 0.255 e. The standard InChI is InChI=1S/C25H26N2O7/c1-14-11-16(5-6-19(14)33-25-23(31)22(30)21(29)20(13-28)34-25)15-3-2-4-17(12-15)24(32)27-18-7-9-26-10-8-18/h2-12,20-23,25,28-31H,13H2,1H3,(H,26,27,32)/t20-,21+,22-,23?,25-/m0/s1. The molecule has 0 aliphatic carbocycles. The van der Waals surface area contributed by atoms with Gasteiger partial charge in [-0.05, 0) is 60.0 Å². The zero-order chi connectivity index (χ0) is 24.2. The van der Waals surface area contributed by atoms with Crippen molar-refractivity contribution in [1.29, 1.82) is 0 Å². The Kier molecular flexibility index (Phi) is 7.20. The van der Waals surface area contributed by atoms with Gasteiger partial charge in [0.25, 0.3) is 5.91 Å². The lowest BCUT2D eigenvalue weighted by molar-refractivity contribution is -0.277. The topological polar surface area (TPSA) is 141 Å². The number of rotatable bonds is 6. The van der Waals surface area contributed by atoms with Gasteiger partial charge in [-0.3, -0.25) is 9.78 Å². The number of amides is 1. The highest BCUT2D eigenvalue weighted by molar-refractivity contribution is 6.04. The van der Waals surface area contributed by atoms with Crippen LogP contribution in [0.1, 0.15) is 15.9 Å². The van der Waals surface area contributed by atoms with Crippen LogP contribution in [-0.2, 0) is 4.74 Å². The molecule has 5 N–H and O–H groups in total. The van der Waals surface area contributed by atoms with Crippen molar-refractivity contribution in [2.45, 2.75) is 37.6 Å². The van der Waals surface area contributed by atoms with Crippen molar-refractivity contribution in [3.63, 3.8) is 0 Å². The smallest absolute Gasteiger partial charge is 0.255 e. The first kappa shape index (κ1) is 23.8. The minimum atomic E-state index is -1.52. The van der Waals surface area contributed by atoms with Gasteiger partial charge in [-0.2, -0.15) is 0 Å². The van der Waals surface area contributed by atoms with Gasteiger partial charge in [0, 0.05) is 23.6 Å². The van der Waals surface area contributed by atoms with Crippen LogP contribution in [0, 0.1) is 6.92 Å². The molecule has 9 heteroatoms. The Bertz CT molecular complexity index is 1140. The van der Waals surface area contributed by atoms with Crippen molar-refractivity contribution >= 4 is 11.6 Å². The van der Waals surface area contributed by atoms with E-state index in [1.165, 1.54) is 0 Å². The molecule has 2 heterocycles. The third-order valence-electron chi connectivity index (χ3n) is 5.66. The maximum absolute atomic E-state index is 12.6. The van der Waals surface area contributed by atoms with Gasteiger partial charge in [0.2, 0.25) is 6.29 Å². The summed E-state index contributed by atoms with van der Waals surface area (Å²) in [6, 6.07) is 16.0. The quantitative estimate of drug-likeness (QED) is 0.368. The summed E-state index contributed by atoms with van der Waals surface area (Å²) in [5, 5.41) is 42.3. The molecule has 0 radical (unpaired) electrons. The first-order valence-electron chi connectivity index (χ1n) is 10.8. The van der Waals surface area contributed by atoms with Crippen molar-refractivity contribution in [2.24, 2.45) is 0 Å². The van der Waals surface area contributed by atoms with Gasteiger partial charge in [0.1, 0.15) is 30.2 Å². The van der Waals surface area contributed by atoms with E-state index in [1.54, 1.807) is 54.9 Å². The number of nitrogens with zero attached hydrogens (tertiary/aromatic N) is 1. The fraction of sp³-hybridized carbons (Fsp3) is 0.280. The number of aromatic nitrogens is 1. The number of aliphatic hydroxyl groups is 4. The normalized spacial score (nSPS) is 24.4. The number of carbonyl (C=O) groups is 1. The number of carbonyl (C=O) groups excluding carboxylic acids is 1. The number of nitrogens with one attached hydrogen (secondary N) is 1. The first-order chi connectivity index (χ1) is 16.4. The van der Waals surface area contributed by atoms with Crippen LogP contribution in [0.2, 0.25) is 0 Å². The predicted molar refractivity (Wildman–Crippen MR) is 123 cm³/mol. The van der Waals surface area contributed by atoms with Crippen LogP contribution in [0.4, 0.5) is 5.69 Å². The number of pyridine rings is 1. The highest BCUT2D eigenvalue weighted by Gasteiger charge is 2.44. The number of aryl methyl sites for hydroxylation is 1. The Labute approximate surface area is 196 Å². The highest BCUT2D eigenvalue weighted by atomic mass is 16.7. The fourth-order valence-electron chi connectivity index (χ4n) is 3.73. The highest BCUT2D eigenvalue weighted by Crippen LogP contribution is 2.30. The molecule has 0 spiro atoms. The number of benzene rings is 2. The van der Waals surface area contributed by atoms with E-state index in [0.717, 1.165) is 16.7 Å². The molecule has 1 fully saturated rings. The van der Waals surface area contributed by atoms with Gasteiger partial charge in [-0.15, -0.1) is 0 Å². The molecule has 1 amide bonds. The Hall–Kier alpha value is -3.34. The third kappa shape index (κ3) is 5.09. The Balaban J connectivity index is 1.50. The molecule has 9 nitrogen and oxygen atoms in total. The lowest BCUT2D eigenvalue weighted by atomic mass is 9.99. The number of anilines is 1. The SMILES string of the molecule is Cc1cc(-c2cccc(C(=O)Nc3ccncc3)c2)ccc1O[C@H]1O[C@@H](CO)[C@@H](O)[C@H](O)C1O. The lowest BCUT2D eigenvalue weighted by Crippen LogP contribution is -2.60. The molecule has 1 aliphatic heterocycles. The number of ether oxygens (including phenoxy) is 2. The second-order valence-corrected chi connectivity index (χ2v) is 8.07. The van der Waals surface area contributed by atoms with Gasteiger partial charge >= 0.3 is 0 Å². The molecule has 178 valence electrons. The largest absolute Gasteiger partial charge is 0.462 e. The van der Waals surface area contributed by atoms with Crippen LogP contribution in [0.25, 0.3) is 11.1 Å². The van der Waals surface area contributed by atoms with Crippen molar-refractivity contribution in [1.82, 2.24) is 4.98 Å². The van der Waals surface area contributed by atoms with E-state index in [-0.39, 0.29) is 5.91 Å². The molecule has 1 saturated heterocycles. The summed E-state index contributed by atoms with van der Waals surface area (Å²) in [4.78, 5) is 16.6. The molecule has 34 heavy (non-hydrogen) atoms. The van der Waals surface area contributed by atoms with Gasteiger partial charge in [-0.1, -0.05) is 18.2 Å². The van der Waals surface area contributed by atoms with Crippen molar-refractivity contribution < 1.29 is 34.7 Å². The summed E-state index contributed by atoms with van der Waals surface area (Å²) in [7, 11) is 0. The molecule has 1 aliphatic rings. The van der Waals surface area contributed by atoms with Crippen LogP contribution >= 0.6 is 0 Å². The predicted octanol–water partition coefficient (Wildman–Crippen LogP) is 1.49. The second-order valence-electron chi connectivity index (χ2n) is 8.07. The number of hydrogen-bond acceptors (Lipinski definition) is 8. The average Bonchev–Trinajstić information content (AvgIpc) is 2.86. The fourth-order valence-corrected chi connectivity index (χ4v) is 3.73. The number of aliphatic hydroxyl groups excluding tert-OH is 4. The van der Waals surface area contributed by atoms with Crippen LogP contribution in [0.3, 0.4) is 0 Å². The Morgan fingerprint density at radius 1 is 1.00 bits per heavy atom. The van der Waals surface area contributed by atoms with E-state index in [2.05, 4.69) is 10.3 Å². The third-order valence-corrected chi connectivity index (χ3v) is 5.66. The minimum absolute atomic E-state index is 0.243. The monoisotopic (exact) mass is 466 g/mol. The molecule has 1 unspecified atom stereocenters. The first-order valence-corrected chi connectivity index (χ1v) is 10.8. The summed E-state index contributed by atoms with van der Waals surface area (Å²) in [5.41, 5.74) is 3.53. The molecule has 4 rings (SSSR count). The zero-order valence-corrected chi connectivity index (χ0v) is 18.4. The Morgan fingerprint density at radius 2 is 1.74 bits per heavy atom. The summed E-state index contributed by atoms with van der Waals surface area (Å²) < 4.78 is 11.2. The van der Waals surface area contributed by atoms with Gasteiger partial charge in [-0.25, -0.2) is 0 Å². The minimum Gasteiger partial charge on any atom is -0.462 e. The van der Waals surface area contributed by atoms with Crippen molar-refractivity contribution in [3.05, 3.63) is 78.1 Å². The van der Waals surface area contributed by atoms with E-state index in [9.17, 15) is 25.2 Å². The lowest BCUT2D eigenvalue weighted by Gasteiger charge is -2.39. The molecule has 1 aromatic heterocycles. The van der Waals surface area contributed by atoms with Crippen LogP contribution in [0.5, 0.6) is 5.75 Å². The second kappa shape index (κ2) is 10.3. The molecule has 5 atom stereocenters. The molecule has 0 bridgehead atoms. The van der Waals surface area contributed by atoms with Gasteiger partial charge in [0.05, 0.1) is 6.61 Å². The van der Waals surface area contributed by atoms with E-state index in [1.807, 2.05) is 19.1 Å². The molecule has 2 aromatic carbocycles. The Morgan fingerprint density at radius 3 is 2.44 bits per heavy atom. The van der Waals surface area contributed by atoms with E-state index < -0.39 is 37.3 Å². The van der Waals surface area contributed by atoms with Gasteiger partial charge < -0.3 is 35.2 Å². The summed E-state index contributed by atoms with van der Waals surface area (Å²) in [6.07, 6.45) is -3.58. The van der Waals surface area contributed by atoms with Gasteiger partial charge in [0.15, 0.2) is 0 Å².